The van der Waals surface area contributed by atoms with Gasteiger partial charge in [-0.15, -0.1) is 0 Å². The average Bonchev–Trinajstić information content (AvgIpc) is 2.58. The van der Waals surface area contributed by atoms with E-state index in [1.165, 1.54) is 5.56 Å². The van der Waals surface area contributed by atoms with Crippen LogP contribution >= 0.6 is 0 Å². The van der Waals surface area contributed by atoms with Crippen molar-refractivity contribution in [3.8, 4) is 0 Å². The number of pyridine rings is 1. The first kappa shape index (κ1) is 17.2. The Morgan fingerprint density at radius 1 is 1.04 bits per heavy atom. The molecule has 1 heterocycles. The van der Waals surface area contributed by atoms with Crippen LogP contribution in [0, 0.1) is 5.41 Å². The van der Waals surface area contributed by atoms with Crippen LogP contribution in [-0.2, 0) is 22.6 Å². The lowest BCUT2D eigenvalue weighted by molar-refractivity contribution is -0.145. The third-order valence-corrected chi connectivity index (χ3v) is 4.06. The van der Waals surface area contributed by atoms with Crippen molar-refractivity contribution < 1.29 is 9.53 Å². The van der Waals surface area contributed by atoms with E-state index in [1.54, 1.807) is 6.20 Å². The van der Waals surface area contributed by atoms with E-state index in [2.05, 4.69) is 24.9 Å². The third-order valence-electron chi connectivity index (χ3n) is 4.06. The fraction of sp³-hybridized carbons (Fsp3) is 0.400. The molecule has 3 nitrogen and oxygen atoms in total. The predicted molar refractivity (Wildman–Crippen MR) is 91.8 cm³/mol. The summed E-state index contributed by atoms with van der Waals surface area (Å²) in [5.74, 6) is -0.122. The summed E-state index contributed by atoms with van der Waals surface area (Å²) in [7, 11) is 0. The van der Waals surface area contributed by atoms with Gasteiger partial charge in [-0.05, 0) is 41.9 Å². The summed E-state index contributed by atoms with van der Waals surface area (Å²) in [5, 5.41) is 0. The molecule has 2 aromatic rings. The molecule has 0 aliphatic carbocycles. The van der Waals surface area contributed by atoms with Gasteiger partial charge in [-0.2, -0.15) is 0 Å². The molecule has 0 unspecified atom stereocenters. The number of rotatable bonds is 8. The van der Waals surface area contributed by atoms with Gasteiger partial charge in [0.15, 0.2) is 0 Å². The maximum Gasteiger partial charge on any atom is 0.306 e. The summed E-state index contributed by atoms with van der Waals surface area (Å²) in [6.45, 7) is 4.76. The molecule has 1 aromatic heterocycles. The number of esters is 1. The highest BCUT2D eigenvalue weighted by Crippen LogP contribution is 2.28. The second kappa shape index (κ2) is 8.47. The van der Waals surface area contributed by atoms with Crippen LogP contribution in [0.1, 0.15) is 44.2 Å². The van der Waals surface area contributed by atoms with Gasteiger partial charge in [-0.25, -0.2) is 0 Å². The minimum Gasteiger partial charge on any atom is -0.461 e. The van der Waals surface area contributed by atoms with Crippen LogP contribution in [0.25, 0.3) is 0 Å². The molecule has 0 bridgehead atoms. The summed E-state index contributed by atoms with van der Waals surface area (Å²) in [6.07, 6.45) is 7.01. The van der Waals surface area contributed by atoms with E-state index in [-0.39, 0.29) is 11.4 Å². The molecule has 0 radical (unpaired) electrons. The molecule has 0 N–H and O–H groups in total. The lowest BCUT2D eigenvalue weighted by Gasteiger charge is -2.24. The topological polar surface area (TPSA) is 39.2 Å². The maximum absolute atomic E-state index is 11.9. The molecule has 23 heavy (non-hydrogen) atoms. The second-order valence-corrected chi connectivity index (χ2v) is 6.67. The number of hydrogen-bond donors (Lipinski definition) is 0. The molecule has 0 atom stereocenters. The van der Waals surface area contributed by atoms with Crippen molar-refractivity contribution in [1.82, 2.24) is 4.98 Å². The molecule has 3 heteroatoms. The van der Waals surface area contributed by atoms with E-state index in [0.717, 1.165) is 24.8 Å². The number of carbonyl (C=O) groups is 1. The van der Waals surface area contributed by atoms with Crippen LogP contribution in [0.4, 0.5) is 0 Å². The normalized spacial score (nSPS) is 11.2. The Morgan fingerprint density at radius 2 is 1.78 bits per heavy atom. The number of carbonyl (C=O) groups excluding carboxylic acids is 1. The van der Waals surface area contributed by atoms with Gasteiger partial charge in [0.1, 0.15) is 6.61 Å². The lowest BCUT2D eigenvalue weighted by atomic mass is 9.82. The average molecular weight is 311 g/mol. The molecule has 0 fully saturated rings. The first-order valence-corrected chi connectivity index (χ1v) is 8.14. The molecule has 0 spiro atoms. The Morgan fingerprint density at radius 3 is 2.48 bits per heavy atom. The molecule has 2 rings (SSSR count). The summed E-state index contributed by atoms with van der Waals surface area (Å²) < 4.78 is 5.34. The van der Waals surface area contributed by atoms with Crippen LogP contribution in [0.5, 0.6) is 0 Å². The first-order valence-electron chi connectivity index (χ1n) is 8.14. The van der Waals surface area contributed by atoms with Gasteiger partial charge in [-0.1, -0.05) is 50.2 Å². The van der Waals surface area contributed by atoms with E-state index in [1.807, 2.05) is 42.6 Å². The number of aromatic nitrogens is 1. The van der Waals surface area contributed by atoms with Gasteiger partial charge >= 0.3 is 5.97 Å². The molecule has 0 amide bonds. The highest BCUT2D eigenvalue weighted by Gasteiger charge is 2.19. The van der Waals surface area contributed by atoms with Crippen molar-refractivity contribution in [2.45, 2.75) is 46.1 Å². The monoisotopic (exact) mass is 311 g/mol. The molecule has 0 aliphatic rings. The maximum atomic E-state index is 11.9. The molecule has 0 saturated carbocycles. The molecule has 1 aromatic carbocycles. The molecule has 0 saturated heterocycles. The zero-order valence-corrected chi connectivity index (χ0v) is 14.0. The van der Waals surface area contributed by atoms with Crippen LogP contribution in [0.2, 0.25) is 0 Å². The number of aryl methyl sites for hydroxylation is 1. The standard InChI is InChI=1S/C20H25NO2/c1-20(2,12-10-17-9-6-14-21-15-17)13-11-19(22)23-16-18-7-4-3-5-8-18/h3-9,14-15H,10-13,16H2,1-2H3. The quantitative estimate of drug-likeness (QED) is 0.671. The van der Waals surface area contributed by atoms with Crippen molar-refractivity contribution in [3.63, 3.8) is 0 Å². The van der Waals surface area contributed by atoms with Gasteiger partial charge < -0.3 is 4.74 Å². The molecule has 122 valence electrons. The van der Waals surface area contributed by atoms with Gasteiger partial charge in [0, 0.05) is 18.8 Å². The molecular weight excluding hydrogens is 286 g/mol. The van der Waals surface area contributed by atoms with Crippen LogP contribution < -0.4 is 0 Å². The van der Waals surface area contributed by atoms with Crippen LogP contribution in [-0.4, -0.2) is 11.0 Å². The van der Waals surface area contributed by atoms with Crippen molar-refractivity contribution >= 4 is 5.97 Å². The summed E-state index contributed by atoms with van der Waals surface area (Å²) >= 11 is 0. The van der Waals surface area contributed by atoms with Crippen molar-refractivity contribution in [1.29, 1.82) is 0 Å². The Bertz CT molecular complexity index is 594. The fourth-order valence-corrected chi connectivity index (χ4v) is 2.40. The van der Waals surface area contributed by atoms with Gasteiger partial charge in [0.05, 0.1) is 0 Å². The SMILES string of the molecule is CC(C)(CCC(=O)OCc1ccccc1)CCc1cccnc1. The minimum absolute atomic E-state index is 0.113. The van der Waals surface area contributed by atoms with E-state index in [0.29, 0.717) is 13.0 Å². The molecule has 0 aliphatic heterocycles. The fourth-order valence-electron chi connectivity index (χ4n) is 2.40. The summed E-state index contributed by atoms with van der Waals surface area (Å²) in [5.41, 5.74) is 2.38. The first-order chi connectivity index (χ1) is 11.1. The van der Waals surface area contributed by atoms with Gasteiger partial charge in [0.25, 0.3) is 0 Å². The number of benzene rings is 1. The van der Waals surface area contributed by atoms with E-state index < -0.39 is 0 Å². The van der Waals surface area contributed by atoms with Crippen LogP contribution in [0.3, 0.4) is 0 Å². The Balaban J connectivity index is 1.69. The zero-order chi connectivity index (χ0) is 16.5. The number of nitrogens with zero attached hydrogens (tertiary/aromatic N) is 1. The van der Waals surface area contributed by atoms with Gasteiger partial charge in [-0.3, -0.25) is 9.78 Å². The predicted octanol–water partition coefficient (Wildman–Crippen LogP) is 4.56. The zero-order valence-electron chi connectivity index (χ0n) is 14.0. The van der Waals surface area contributed by atoms with Crippen molar-refractivity contribution in [2.75, 3.05) is 0 Å². The summed E-state index contributed by atoms with van der Waals surface area (Å²) in [4.78, 5) is 16.0. The van der Waals surface area contributed by atoms with E-state index in [9.17, 15) is 4.79 Å². The summed E-state index contributed by atoms with van der Waals surface area (Å²) in [6, 6.07) is 13.8. The van der Waals surface area contributed by atoms with Crippen molar-refractivity contribution in [3.05, 3.63) is 66.0 Å². The number of hydrogen-bond acceptors (Lipinski definition) is 3. The smallest absolute Gasteiger partial charge is 0.306 e. The van der Waals surface area contributed by atoms with Gasteiger partial charge in [0.2, 0.25) is 0 Å². The van der Waals surface area contributed by atoms with Crippen LogP contribution in [0.15, 0.2) is 54.9 Å². The largest absolute Gasteiger partial charge is 0.461 e. The van der Waals surface area contributed by atoms with E-state index in [4.69, 9.17) is 4.74 Å². The highest BCUT2D eigenvalue weighted by atomic mass is 16.5. The Kier molecular flexibility index (Phi) is 6.33. The molecular formula is C20H25NO2. The van der Waals surface area contributed by atoms with Crippen molar-refractivity contribution in [2.24, 2.45) is 5.41 Å². The highest BCUT2D eigenvalue weighted by molar-refractivity contribution is 5.69. The third kappa shape index (κ3) is 6.64. The Hall–Kier alpha value is -2.16. The number of ether oxygens (including phenoxy) is 1. The second-order valence-electron chi connectivity index (χ2n) is 6.67. The lowest BCUT2D eigenvalue weighted by Crippen LogP contribution is -2.16. The minimum atomic E-state index is -0.122. The Labute approximate surface area is 138 Å². The van der Waals surface area contributed by atoms with E-state index >= 15 is 0 Å².